The summed E-state index contributed by atoms with van der Waals surface area (Å²) in [7, 11) is 0. The maximum atomic E-state index is 10.2. The van der Waals surface area contributed by atoms with Crippen LogP contribution >= 0.6 is 0 Å². The molecule has 0 aliphatic heterocycles. The van der Waals surface area contributed by atoms with Gasteiger partial charge in [-0.1, -0.05) is 52.4 Å². The molecule has 0 aromatic rings. The standard InChI is InChI=1S/C9H16O.C2H6/c10-8-7-9-5-3-1-2-4-6-9;1-2/h8-9H,1-7H2;1-2H3. The SMILES string of the molecule is CC.O=CCC1CCCCCC1. The Morgan fingerprint density at radius 2 is 1.58 bits per heavy atom. The Morgan fingerprint density at radius 1 is 1.08 bits per heavy atom. The van der Waals surface area contributed by atoms with Gasteiger partial charge in [0.15, 0.2) is 0 Å². The van der Waals surface area contributed by atoms with Crippen LogP contribution in [0.5, 0.6) is 0 Å². The molecule has 0 unspecified atom stereocenters. The van der Waals surface area contributed by atoms with Crippen LogP contribution in [0.2, 0.25) is 0 Å². The lowest BCUT2D eigenvalue weighted by atomic mass is 9.98. The second-order valence-corrected chi connectivity index (χ2v) is 3.26. The molecule has 0 amide bonds. The molecule has 1 fully saturated rings. The molecule has 0 atom stereocenters. The van der Waals surface area contributed by atoms with E-state index >= 15 is 0 Å². The first-order valence-electron chi connectivity index (χ1n) is 5.37. The van der Waals surface area contributed by atoms with E-state index in [1.165, 1.54) is 38.5 Å². The number of hydrogen-bond acceptors (Lipinski definition) is 1. The lowest BCUT2D eigenvalue weighted by Crippen LogP contribution is -1.98. The number of hydrogen-bond donors (Lipinski definition) is 0. The third kappa shape index (κ3) is 5.34. The Morgan fingerprint density at radius 3 is 2.00 bits per heavy atom. The van der Waals surface area contributed by atoms with Crippen LogP contribution in [0, 0.1) is 5.92 Å². The summed E-state index contributed by atoms with van der Waals surface area (Å²) < 4.78 is 0. The molecule has 12 heavy (non-hydrogen) atoms. The maximum absolute atomic E-state index is 10.2. The fourth-order valence-corrected chi connectivity index (χ4v) is 1.74. The molecule has 0 aromatic carbocycles. The second-order valence-electron chi connectivity index (χ2n) is 3.26. The normalized spacial score (nSPS) is 18.8. The van der Waals surface area contributed by atoms with Gasteiger partial charge >= 0.3 is 0 Å². The van der Waals surface area contributed by atoms with E-state index in [4.69, 9.17) is 0 Å². The molecule has 0 bridgehead atoms. The van der Waals surface area contributed by atoms with Crippen molar-refractivity contribution in [3.05, 3.63) is 0 Å². The topological polar surface area (TPSA) is 17.1 Å². The average Bonchev–Trinajstić information content (AvgIpc) is 2.37. The van der Waals surface area contributed by atoms with Gasteiger partial charge in [-0.05, 0) is 5.92 Å². The number of carbonyl (C=O) groups excluding carboxylic acids is 1. The molecule has 1 nitrogen and oxygen atoms in total. The van der Waals surface area contributed by atoms with Crippen molar-refractivity contribution in [2.24, 2.45) is 5.92 Å². The van der Waals surface area contributed by atoms with E-state index < -0.39 is 0 Å². The predicted molar refractivity (Wildman–Crippen MR) is 53.2 cm³/mol. The van der Waals surface area contributed by atoms with Crippen molar-refractivity contribution >= 4 is 6.29 Å². The highest BCUT2D eigenvalue weighted by Crippen LogP contribution is 2.24. The monoisotopic (exact) mass is 170 g/mol. The first kappa shape index (κ1) is 11.7. The van der Waals surface area contributed by atoms with E-state index in [2.05, 4.69) is 0 Å². The van der Waals surface area contributed by atoms with Crippen LogP contribution in [0.1, 0.15) is 58.8 Å². The highest BCUT2D eigenvalue weighted by molar-refractivity contribution is 5.49. The summed E-state index contributed by atoms with van der Waals surface area (Å²) in [5.74, 6) is 0.722. The zero-order chi connectivity index (χ0) is 9.23. The Balaban J connectivity index is 0.000000561. The van der Waals surface area contributed by atoms with Gasteiger partial charge in [-0.25, -0.2) is 0 Å². The summed E-state index contributed by atoms with van der Waals surface area (Å²) >= 11 is 0. The third-order valence-corrected chi connectivity index (χ3v) is 2.40. The largest absolute Gasteiger partial charge is 0.303 e. The molecule has 0 aromatic heterocycles. The predicted octanol–water partition coefficient (Wildman–Crippen LogP) is 3.57. The summed E-state index contributed by atoms with van der Waals surface area (Å²) in [5, 5.41) is 0. The Labute approximate surface area is 76.6 Å². The first-order chi connectivity index (χ1) is 5.93. The Kier molecular flexibility index (Phi) is 8.52. The fourth-order valence-electron chi connectivity index (χ4n) is 1.74. The summed E-state index contributed by atoms with van der Waals surface area (Å²) in [4.78, 5) is 10.2. The highest BCUT2D eigenvalue weighted by Gasteiger charge is 2.10. The van der Waals surface area contributed by atoms with E-state index in [-0.39, 0.29) is 0 Å². The summed E-state index contributed by atoms with van der Waals surface area (Å²) in [6.07, 6.45) is 9.93. The molecular weight excluding hydrogens is 148 g/mol. The van der Waals surface area contributed by atoms with Crippen LogP contribution in [0.25, 0.3) is 0 Å². The molecule has 1 heteroatoms. The summed E-state index contributed by atoms with van der Waals surface area (Å²) in [6, 6.07) is 0. The van der Waals surface area contributed by atoms with Gasteiger partial charge < -0.3 is 4.79 Å². The summed E-state index contributed by atoms with van der Waals surface area (Å²) in [6.45, 7) is 4.00. The zero-order valence-corrected chi connectivity index (χ0v) is 8.51. The first-order valence-corrected chi connectivity index (χ1v) is 5.37. The van der Waals surface area contributed by atoms with Crippen molar-refractivity contribution in [3.63, 3.8) is 0 Å². The maximum Gasteiger partial charge on any atom is 0.120 e. The fraction of sp³-hybridized carbons (Fsp3) is 0.909. The molecule has 0 radical (unpaired) electrons. The van der Waals surface area contributed by atoms with Gasteiger partial charge in [0.05, 0.1) is 0 Å². The van der Waals surface area contributed by atoms with Crippen molar-refractivity contribution in [1.82, 2.24) is 0 Å². The zero-order valence-electron chi connectivity index (χ0n) is 8.51. The van der Waals surface area contributed by atoms with Gasteiger partial charge in [-0.2, -0.15) is 0 Å². The molecule has 1 aliphatic carbocycles. The Bertz CT molecular complexity index is 91.2. The molecule has 0 N–H and O–H groups in total. The van der Waals surface area contributed by atoms with E-state index in [1.54, 1.807) is 0 Å². The molecule has 1 rings (SSSR count). The van der Waals surface area contributed by atoms with Gasteiger partial charge in [-0.3, -0.25) is 0 Å². The molecular formula is C11H22O. The number of carbonyl (C=O) groups is 1. The van der Waals surface area contributed by atoms with E-state index in [0.29, 0.717) is 0 Å². The van der Waals surface area contributed by atoms with Gasteiger partial charge in [-0.15, -0.1) is 0 Å². The van der Waals surface area contributed by atoms with Gasteiger partial charge in [0.1, 0.15) is 6.29 Å². The third-order valence-electron chi connectivity index (χ3n) is 2.40. The Hall–Kier alpha value is -0.330. The van der Waals surface area contributed by atoms with Crippen LogP contribution in [0.4, 0.5) is 0 Å². The molecule has 0 spiro atoms. The van der Waals surface area contributed by atoms with Crippen molar-refractivity contribution in [3.8, 4) is 0 Å². The molecule has 0 heterocycles. The van der Waals surface area contributed by atoms with Crippen molar-refractivity contribution < 1.29 is 4.79 Å². The van der Waals surface area contributed by atoms with Crippen molar-refractivity contribution in [1.29, 1.82) is 0 Å². The van der Waals surface area contributed by atoms with E-state index in [9.17, 15) is 4.79 Å². The van der Waals surface area contributed by atoms with Gasteiger partial charge in [0.25, 0.3) is 0 Å². The number of aldehydes is 1. The van der Waals surface area contributed by atoms with Crippen LogP contribution in [0.3, 0.4) is 0 Å². The van der Waals surface area contributed by atoms with Crippen LogP contribution in [-0.2, 0) is 4.79 Å². The molecule has 1 saturated carbocycles. The van der Waals surface area contributed by atoms with Gasteiger partial charge in [0, 0.05) is 6.42 Å². The van der Waals surface area contributed by atoms with Crippen LogP contribution in [-0.4, -0.2) is 6.29 Å². The quantitative estimate of drug-likeness (QED) is 0.457. The van der Waals surface area contributed by atoms with E-state index in [0.717, 1.165) is 18.6 Å². The minimum Gasteiger partial charge on any atom is -0.303 e. The van der Waals surface area contributed by atoms with Crippen LogP contribution in [0.15, 0.2) is 0 Å². The van der Waals surface area contributed by atoms with Gasteiger partial charge in [0.2, 0.25) is 0 Å². The number of rotatable bonds is 2. The smallest absolute Gasteiger partial charge is 0.120 e. The molecule has 72 valence electrons. The van der Waals surface area contributed by atoms with Crippen LogP contribution < -0.4 is 0 Å². The lowest BCUT2D eigenvalue weighted by molar-refractivity contribution is -0.108. The molecule has 0 saturated heterocycles. The van der Waals surface area contributed by atoms with E-state index in [1.807, 2.05) is 13.8 Å². The minimum absolute atomic E-state index is 0.722. The average molecular weight is 170 g/mol. The van der Waals surface area contributed by atoms with Crippen molar-refractivity contribution in [2.75, 3.05) is 0 Å². The second kappa shape index (κ2) is 8.76. The van der Waals surface area contributed by atoms with Crippen molar-refractivity contribution in [2.45, 2.75) is 58.8 Å². The minimum atomic E-state index is 0.722. The molecule has 1 aliphatic rings. The highest BCUT2D eigenvalue weighted by atomic mass is 16.1. The summed E-state index contributed by atoms with van der Waals surface area (Å²) in [5.41, 5.74) is 0. The lowest BCUT2D eigenvalue weighted by Gasteiger charge is -2.07.